The summed E-state index contributed by atoms with van der Waals surface area (Å²) in [4.78, 5) is 37.5. The van der Waals surface area contributed by atoms with Gasteiger partial charge in [0.15, 0.2) is 5.82 Å². The average Bonchev–Trinajstić information content (AvgIpc) is 3.05. The van der Waals surface area contributed by atoms with E-state index in [1.165, 1.54) is 0 Å². The Bertz CT molecular complexity index is 739. The molecular weight excluding hydrogens is 320 g/mol. The Hall–Kier alpha value is -3.30. The number of hydrogen-bond donors (Lipinski definition) is 2. The van der Waals surface area contributed by atoms with Crippen LogP contribution in [0.5, 0.6) is 0 Å². The fraction of sp³-hybridized carbons (Fsp3) is 0.286. The second-order valence-electron chi connectivity index (χ2n) is 5.32. The van der Waals surface area contributed by atoms with Crippen molar-refractivity contribution in [3.05, 3.63) is 51.7 Å². The van der Waals surface area contributed by atoms with Crippen molar-refractivity contribution in [3.63, 3.8) is 0 Å². The summed E-state index contributed by atoms with van der Waals surface area (Å²) >= 11 is 0. The maximum Gasteiger partial charge on any atom is 0.335 e. The van der Waals surface area contributed by atoms with E-state index in [4.69, 9.17) is 5.11 Å². The number of non-ortho nitro benzene ring substituents is 1. The van der Waals surface area contributed by atoms with Gasteiger partial charge in [0, 0.05) is 17.7 Å². The van der Waals surface area contributed by atoms with E-state index in [9.17, 15) is 19.7 Å². The Morgan fingerprint density at radius 1 is 1.29 bits per heavy atom. The highest BCUT2D eigenvalue weighted by molar-refractivity contribution is 5.98. The van der Waals surface area contributed by atoms with Crippen LogP contribution >= 0.6 is 0 Å². The van der Waals surface area contributed by atoms with Gasteiger partial charge < -0.3 is 14.9 Å². The maximum atomic E-state index is 12.4. The van der Waals surface area contributed by atoms with E-state index in [2.05, 4.69) is 20.0 Å². The predicted molar refractivity (Wildman–Crippen MR) is 79.4 cm³/mol. The number of nitro benzene ring substituents is 1. The first-order valence-electron chi connectivity index (χ1n) is 6.89. The molecule has 2 N–H and O–H groups in total. The number of carboxylic acids is 1. The van der Waals surface area contributed by atoms with Gasteiger partial charge in [-0.25, -0.2) is 4.79 Å². The smallest absolute Gasteiger partial charge is 0.335 e. The monoisotopic (exact) mass is 334 g/mol. The number of nitrogens with zero attached hydrogens (tertiary/aromatic N) is 3. The lowest BCUT2D eigenvalue weighted by Gasteiger charge is -2.19. The summed E-state index contributed by atoms with van der Waals surface area (Å²) < 4.78 is 4.65. The number of carboxylic acid groups (broad SMARTS) is 1. The van der Waals surface area contributed by atoms with Gasteiger partial charge in [0.2, 0.25) is 6.39 Å². The summed E-state index contributed by atoms with van der Waals surface area (Å²) in [5.41, 5.74) is -0.980. The van der Waals surface area contributed by atoms with Crippen LogP contribution in [0.4, 0.5) is 5.69 Å². The molecule has 0 saturated carbocycles. The standard InChI is InChI=1S/C14H14N4O6/c1-7(2)11(12-15-6-24-17-12)16-13(19)8-3-9(14(20)21)5-10(4-8)18(22)23/h3-7,11H,1-2H3,(H,16,19)(H,20,21). The molecule has 0 aliphatic rings. The van der Waals surface area contributed by atoms with Crippen molar-refractivity contribution in [2.75, 3.05) is 0 Å². The number of carbonyl (C=O) groups excluding carboxylic acids is 1. The van der Waals surface area contributed by atoms with Gasteiger partial charge in [-0.15, -0.1) is 0 Å². The van der Waals surface area contributed by atoms with Crippen molar-refractivity contribution in [1.29, 1.82) is 0 Å². The number of hydrogen-bond acceptors (Lipinski definition) is 7. The van der Waals surface area contributed by atoms with Crippen LogP contribution in [0.15, 0.2) is 29.1 Å². The van der Waals surface area contributed by atoms with Crippen LogP contribution in [-0.2, 0) is 0 Å². The van der Waals surface area contributed by atoms with Crippen LogP contribution in [0, 0.1) is 16.0 Å². The lowest BCUT2D eigenvalue weighted by molar-refractivity contribution is -0.384. The van der Waals surface area contributed by atoms with Gasteiger partial charge in [0.1, 0.15) is 0 Å². The minimum atomic E-state index is -1.37. The first-order chi connectivity index (χ1) is 11.3. The molecule has 1 unspecified atom stereocenters. The van der Waals surface area contributed by atoms with E-state index in [0.29, 0.717) is 0 Å². The van der Waals surface area contributed by atoms with Crippen molar-refractivity contribution in [2.24, 2.45) is 5.92 Å². The van der Waals surface area contributed by atoms with Crippen molar-refractivity contribution in [1.82, 2.24) is 15.5 Å². The fourth-order valence-corrected chi connectivity index (χ4v) is 2.04. The maximum absolute atomic E-state index is 12.4. The molecule has 0 radical (unpaired) electrons. The van der Waals surface area contributed by atoms with Crippen LogP contribution < -0.4 is 5.32 Å². The summed E-state index contributed by atoms with van der Waals surface area (Å²) in [7, 11) is 0. The number of nitro groups is 1. The van der Waals surface area contributed by atoms with Gasteiger partial charge in [0.05, 0.1) is 16.5 Å². The minimum absolute atomic E-state index is 0.0933. The molecule has 0 bridgehead atoms. The van der Waals surface area contributed by atoms with Crippen molar-refractivity contribution < 1.29 is 24.1 Å². The third-order valence-corrected chi connectivity index (χ3v) is 3.25. The lowest BCUT2D eigenvalue weighted by Crippen LogP contribution is -2.32. The van der Waals surface area contributed by atoms with Crippen molar-refractivity contribution >= 4 is 17.6 Å². The van der Waals surface area contributed by atoms with Gasteiger partial charge >= 0.3 is 5.97 Å². The van der Waals surface area contributed by atoms with Crippen LogP contribution in [0.25, 0.3) is 0 Å². The molecule has 10 nitrogen and oxygen atoms in total. The Labute approximate surface area is 135 Å². The molecule has 2 rings (SSSR count). The van der Waals surface area contributed by atoms with Gasteiger partial charge in [-0.2, -0.15) is 4.98 Å². The first-order valence-corrected chi connectivity index (χ1v) is 6.89. The number of aromatic nitrogens is 2. The Morgan fingerprint density at radius 2 is 1.96 bits per heavy atom. The number of benzene rings is 1. The first kappa shape index (κ1) is 17.1. The highest BCUT2D eigenvalue weighted by Gasteiger charge is 2.24. The molecule has 1 atom stereocenters. The summed E-state index contributed by atoms with van der Waals surface area (Å²) in [6, 6.07) is 2.37. The second kappa shape index (κ2) is 6.86. The zero-order chi connectivity index (χ0) is 17.9. The minimum Gasteiger partial charge on any atom is -0.478 e. The Balaban J connectivity index is 2.34. The molecular formula is C14H14N4O6. The number of rotatable bonds is 6. The van der Waals surface area contributed by atoms with Crippen molar-refractivity contribution in [2.45, 2.75) is 19.9 Å². The molecule has 1 aromatic heterocycles. The van der Waals surface area contributed by atoms with Gasteiger partial charge in [-0.05, 0) is 12.0 Å². The molecule has 2 aromatic rings. The average molecular weight is 334 g/mol. The van der Waals surface area contributed by atoms with Gasteiger partial charge in [-0.1, -0.05) is 19.0 Å². The molecule has 0 saturated heterocycles. The van der Waals surface area contributed by atoms with E-state index in [-0.39, 0.29) is 22.9 Å². The SMILES string of the molecule is CC(C)C(NC(=O)c1cc(C(=O)O)cc([N+](=O)[O-])c1)c1ncon1. The third kappa shape index (κ3) is 3.72. The van der Waals surface area contributed by atoms with E-state index < -0.39 is 28.5 Å². The number of amides is 1. The number of carbonyl (C=O) groups is 2. The zero-order valence-electron chi connectivity index (χ0n) is 12.8. The molecule has 24 heavy (non-hydrogen) atoms. The fourth-order valence-electron chi connectivity index (χ4n) is 2.04. The van der Waals surface area contributed by atoms with Gasteiger partial charge in [-0.3, -0.25) is 14.9 Å². The Kier molecular flexibility index (Phi) is 4.87. The molecule has 0 spiro atoms. The highest BCUT2D eigenvalue weighted by atomic mass is 16.6. The van der Waals surface area contributed by atoms with Crippen LogP contribution in [0.2, 0.25) is 0 Å². The van der Waals surface area contributed by atoms with E-state index >= 15 is 0 Å². The van der Waals surface area contributed by atoms with Crippen LogP contribution in [0.3, 0.4) is 0 Å². The molecule has 0 aliphatic carbocycles. The predicted octanol–water partition coefficient (Wildman–Crippen LogP) is 1.80. The highest BCUT2D eigenvalue weighted by Crippen LogP contribution is 2.21. The normalized spacial score (nSPS) is 12.0. The summed E-state index contributed by atoms with van der Waals surface area (Å²) in [6.07, 6.45) is 1.12. The molecule has 126 valence electrons. The lowest BCUT2D eigenvalue weighted by atomic mass is 10.0. The largest absolute Gasteiger partial charge is 0.478 e. The summed E-state index contributed by atoms with van der Waals surface area (Å²) in [5, 5.41) is 26.2. The van der Waals surface area contributed by atoms with E-state index in [0.717, 1.165) is 24.6 Å². The molecule has 10 heteroatoms. The Morgan fingerprint density at radius 3 is 2.46 bits per heavy atom. The topological polar surface area (TPSA) is 148 Å². The van der Waals surface area contributed by atoms with E-state index in [1.807, 2.05) is 13.8 Å². The number of aromatic carboxylic acids is 1. The molecule has 0 fully saturated rings. The summed E-state index contributed by atoms with van der Waals surface area (Å²) in [5.74, 6) is -1.89. The van der Waals surface area contributed by atoms with Gasteiger partial charge in [0.25, 0.3) is 11.6 Å². The molecule has 1 amide bonds. The van der Waals surface area contributed by atoms with Crippen LogP contribution in [-0.4, -0.2) is 32.0 Å². The van der Waals surface area contributed by atoms with Crippen LogP contribution in [0.1, 0.15) is 46.4 Å². The van der Waals surface area contributed by atoms with E-state index in [1.54, 1.807) is 0 Å². The molecule has 0 aliphatic heterocycles. The molecule has 1 heterocycles. The summed E-state index contributed by atoms with van der Waals surface area (Å²) in [6.45, 7) is 3.63. The zero-order valence-corrected chi connectivity index (χ0v) is 12.8. The quantitative estimate of drug-likeness (QED) is 0.600. The second-order valence-corrected chi connectivity index (χ2v) is 5.32. The number of nitrogens with one attached hydrogen (secondary N) is 1. The van der Waals surface area contributed by atoms with Crippen molar-refractivity contribution in [3.8, 4) is 0 Å². The third-order valence-electron chi connectivity index (χ3n) is 3.25. The molecule has 1 aromatic carbocycles.